The Morgan fingerprint density at radius 3 is 2.93 bits per heavy atom. The molecule has 5 heteroatoms. The molecular formula is C9H14N2O3. The molecule has 1 heterocycles. The van der Waals surface area contributed by atoms with Gasteiger partial charge in [-0.25, -0.2) is 4.98 Å². The van der Waals surface area contributed by atoms with Gasteiger partial charge in [0.1, 0.15) is 6.26 Å². The van der Waals surface area contributed by atoms with Gasteiger partial charge >= 0.3 is 5.97 Å². The minimum absolute atomic E-state index is 0.0618. The van der Waals surface area contributed by atoms with Gasteiger partial charge in [-0.1, -0.05) is 0 Å². The predicted octanol–water partition coefficient (Wildman–Crippen LogP) is 0.670. The maximum Gasteiger partial charge on any atom is 0.317 e. The maximum absolute atomic E-state index is 10.3. The number of aromatic nitrogens is 1. The molecule has 0 fully saturated rings. The molecule has 0 aliphatic carbocycles. The first-order valence-corrected chi connectivity index (χ1v) is 4.35. The third-order valence-electron chi connectivity index (χ3n) is 1.79. The average Bonchev–Trinajstić information content (AvgIpc) is 2.53. The molecule has 0 saturated carbocycles. The predicted molar refractivity (Wildman–Crippen MR) is 49.9 cm³/mol. The molecule has 14 heavy (non-hydrogen) atoms. The Morgan fingerprint density at radius 2 is 2.43 bits per heavy atom. The van der Waals surface area contributed by atoms with Gasteiger partial charge < -0.3 is 14.8 Å². The van der Waals surface area contributed by atoms with Crippen molar-refractivity contribution in [1.29, 1.82) is 0 Å². The largest absolute Gasteiger partial charge is 0.480 e. The zero-order chi connectivity index (χ0) is 10.6. The Balaban J connectivity index is 2.45. The van der Waals surface area contributed by atoms with Gasteiger partial charge in [0.15, 0.2) is 5.89 Å². The molecule has 78 valence electrons. The highest BCUT2D eigenvalue weighted by atomic mass is 16.4. The van der Waals surface area contributed by atoms with Gasteiger partial charge in [0.05, 0.1) is 12.7 Å². The van der Waals surface area contributed by atoms with Gasteiger partial charge in [-0.05, 0) is 13.8 Å². The van der Waals surface area contributed by atoms with E-state index >= 15 is 0 Å². The standard InChI is InChI=1S/C9H14N2O3/c1-9(2,11-6-8(12)13)5-7-10-3-4-14-7/h3-4,11H,5-6H2,1-2H3,(H,12,13). The lowest BCUT2D eigenvalue weighted by Crippen LogP contribution is -2.44. The summed E-state index contributed by atoms with van der Waals surface area (Å²) < 4.78 is 5.08. The lowest BCUT2D eigenvalue weighted by atomic mass is 10.0. The van der Waals surface area contributed by atoms with Crippen LogP contribution in [0.2, 0.25) is 0 Å². The Hall–Kier alpha value is -1.36. The molecular weight excluding hydrogens is 184 g/mol. The second-order valence-corrected chi connectivity index (χ2v) is 3.73. The van der Waals surface area contributed by atoms with Crippen LogP contribution in [0.1, 0.15) is 19.7 Å². The van der Waals surface area contributed by atoms with Gasteiger partial charge in [0.25, 0.3) is 0 Å². The van der Waals surface area contributed by atoms with E-state index in [1.807, 2.05) is 13.8 Å². The Labute approximate surface area is 82.1 Å². The van der Waals surface area contributed by atoms with Crippen LogP contribution in [0.15, 0.2) is 16.9 Å². The van der Waals surface area contributed by atoms with Crippen LogP contribution in [-0.4, -0.2) is 28.1 Å². The van der Waals surface area contributed by atoms with E-state index in [2.05, 4.69) is 10.3 Å². The smallest absolute Gasteiger partial charge is 0.317 e. The number of nitrogens with zero attached hydrogens (tertiary/aromatic N) is 1. The number of aliphatic carboxylic acids is 1. The van der Waals surface area contributed by atoms with Crippen molar-refractivity contribution in [1.82, 2.24) is 10.3 Å². The van der Waals surface area contributed by atoms with Crippen LogP contribution in [0.25, 0.3) is 0 Å². The maximum atomic E-state index is 10.3. The Bertz CT molecular complexity index is 293. The van der Waals surface area contributed by atoms with E-state index in [0.717, 1.165) is 0 Å². The van der Waals surface area contributed by atoms with Crippen LogP contribution in [-0.2, 0) is 11.2 Å². The van der Waals surface area contributed by atoms with E-state index in [1.165, 1.54) is 6.26 Å². The Kier molecular flexibility index (Phi) is 3.24. The lowest BCUT2D eigenvalue weighted by molar-refractivity contribution is -0.136. The SMILES string of the molecule is CC(C)(Cc1ncco1)NCC(=O)O. The molecule has 5 nitrogen and oxygen atoms in total. The summed E-state index contributed by atoms with van der Waals surface area (Å²) in [6, 6.07) is 0. The van der Waals surface area contributed by atoms with Crippen molar-refractivity contribution in [3.05, 3.63) is 18.4 Å². The normalized spacial score (nSPS) is 11.6. The molecule has 0 unspecified atom stereocenters. The van der Waals surface area contributed by atoms with Gasteiger partial charge in [0, 0.05) is 12.0 Å². The van der Waals surface area contributed by atoms with Crippen LogP contribution in [0.3, 0.4) is 0 Å². The molecule has 0 aromatic carbocycles. The van der Waals surface area contributed by atoms with Crippen LogP contribution >= 0.6 is 0 Å². The zero-order valence-corrected chi connectivity index (χ0v) is 8.28. The van der Waals surface area contributed by atoms with Crippen molar-refractivity contribution in [2.45, 2.75) is 25.8 Å². The highest BCUT2D eigenvalue weighted by Crippen LogP contribution is 2.10. The van der Waals surface area contributed by atoms with Crippen LogP contribution in [0, 0.1) is 0 Å². The van der Waals surface area contributed by atoms with Crippen molar-refractivity contribution in [2.75, 3.05) is 6.54 Å². The van der Waals surface area contributed by atoms with Gasteiger partial charge in [-0.2, -0.15) is 0 Å². The minimum Gasteiger partial charge on any atom is -0.480 e. The summed E-state index contributed by atoms with van der Waals surface area (Å²) in [5, 5.41) is 11.4. The zero-order valence-electron chi connectivity index (χ0n) is 8.28. The van der Waals surface area contributed by atoms with Crippen LogP contribution in [0.4, 0.5) is 0 Å². The summed E-state index contributed by atoms with van der Waals surface area (Å²) in [4.78, 5) is 14.3. The highest BCUT2D eigenvalue weighted by molar-refractivity contribution is 5.69. The van der Waals surface area contributed by atoms with Crippen molar-refractivity contribution < 1.29 is 14.3 Å². The van der Waals surface area contributed by atoms with Crippen molar-refractivity contribution in [2.24, 2.45) is 0 Å². The molecule has 2 N–H and O–H groups in total. The molecule has 0 spiro atoms. The fraction of sp³-hybridized carbons (Fsp3) is 0.556. The fourth-order valence-corrected chi connectivity index (χ4v) is 1.10. The molecule has 0 amide bonds. The molecule has 0 radical (unpaired) electrons. The second kappa shape index (κ2) is 4.23. The molecule has 1 aromatic heterocycles. The Morgan fingerprint density at radius 1 is 1.71 bits per heavy atom. The third kappa shape index (κ3) is 3.57. The monoisotopic (exact) mass is 198 g/mol. The van der Waals surface area contributed by atoms with Crippen LogP contribution < -0.4 is 5.32 Å². The molecule has 0 saturated heterocycles. The highest BCUT2D eigenvalue weighted by Gasteiger charge is 2.20. The first kappa shape index (κ1) is 10.7. The summed E-state index contributed by atoms with van der Waals surface area (Å²) in [5.74, 6) is -0.265. The topological polar surface area (TPSA) is 75.4 Å². The summed E-state index contributed by atoms with van der Waals surface area (Å²) >= 11 is 0. The molecule has 0 bridgehead atoms. The first-order chi connectivity index (χ1) is 6.49. The molecule has 0 aliphatic rings. The van der Waals surface area contributed by atoms with Gasteiger partial charge in [-0.3, -0.25) is 4.79 Å². The summed E-state index contributed by atoms with van der Waals surface area (Å²) in [6.45, 7) is 3.74. The van der Waals surface area contributed by atoms with Crippen molar-refractivity contribution in [3.63, 3.8) is 0 Å². The number of hydrogen-bond acceptors (Lipinski definition) is 4. The fourth-order valence-electron chi connectivity index (χ4n) is 1.10. The quantitative estimate of drug-likeness (QED) is 0.727. The number of carbonyl (C=O) groups is 1. The molecule has 1 rings (SSSR count). The number of oxazole rings is 1. The third-order valence-corrected chi connectivity index (χ3v) is 1.79. The van der Waals surface area contributed by atoms with Crippen LogP contribution in [0.5, 0.6) is 0 Å². The van der Waals surface area contributed by atoms with E-state index in [9.17, 15) is 4.79 Å². The summed E-state index contributed by atoms with van der Waals surface area (Å²) in [5.41, 5.74) is -0.330. The number of carboxylic acid groups (broad SMARTS) is 1. The van der Waals surface area contributed by atoms with Gasteiger partial charge in [0.2, 0.25) is 0 Å². The minimum atomic E-state index is -0.870. The van der Waals surface area contributed by atoms with E-state index in [1.54, 1.807) is 6.20 Å². The number of hydrogen-bond donors (Lipinski definition) is 2. The van der Waals surface area contributed by atoms with E-state index < -0.39 is 5.97 Å². The van der Waals surface area contributed by atoms with Gasteiger partial charge in [-0.15, -0.1) is 0 Å². The van der Waals surface area contributed by atoms with E-state index in [-0.39, 0.29) is 12.1 Å². The van der Waals surface area contributed by atoms with E-state index in [4.69, 9.17) is 9.52 Å². The molecule has 0 aliphatic heterocycles. The number of carboxylic acids is 1. The molecule has 1 aromatic rings. The van der Waals surface area contributed by atoms with Crippen molar-refractivity contribution in [3.8, 4) is 0 Å². The second-order valence-electron chi connectivity index (χ2n) is 3.73. The summed E-state index contributed by atoms with van der Waals surface area (Å²) in [7, 11) is 0. The van der Waals surface area contributed by atoms with Crippen molar-refractivity contribution >= 4 is 5.97 Å². The molecule has 0 atom stereocenters. The average molecular weight is 198 g/mol. The first-order valence-electron chi connectivity index (χ1n) is 4.35. The number of nitrogens with one attached hydrogen (secondary N) is 1. The lowest BCUT2D eigenvalue weighted by Gasteiger charge is -2.23. The number of rotatable bonds is 5. The van der Waals surface area contributed by atoms with E-state index in [0.29, 0.717) is 12.3 Å². The summed E-state index contributed by atoms with van der Waals surface area (Å²) in [6.07, 6.45) is 3.64.